The molecule has 0 spiro atoms. The number of nitrogens with zero attached hydrogens (tertiary/aromatic N) is 3. The number of aryl methyl sites for hydroxylation is 1. The Morgan fingerprint density at radius 2 is 1.91 bits per heavy atom. The number of carbonyl (C=O) groups excluding carboxylic acids is 2. The quantitative estimate of drug-likeness (QED) is 0.688. The van der Waals surface area contributed by atoms with Crippen molar-refractivity contribution in [2.45, 2.75) is 25.7 Å². The zero-order chi connectivity index (χ0) is 22.1. The molecule has 6 heteroatoms. The van der Waals surface area contributed by atoms with E-state index in [1.54, 1.807) is 6.20 Å². The van der Waals surface area contributed by atoms with Crippen molar-refractivity contribution in [1.29, 1.82) is 0 Å². The van der Waals surface area contributed by atoms with Crippen molar-refractivity contribution in [3.8, 4) is 0 Å². The molecule has 0 bridgehead atoms. The van der Waals surface area contributed by atoms with Crippen LogP contribution in [0.2, 0.25) is 0 Å². The number of rotatable bonds is 4. The molecule has 2 aliphatic heterocycles. The Balaban J connectivity index is 1.33. The third-order valence-corrected chi connectivity index (χ3v) is 6.28. The number of carbonyl (C=O) groups is 2. The first kappa shape index (κ1) is 20.2. The molecule has 1 aromatic heterocycles. The topological polar surface area (TPSA) is 65.5 Å². The molecule has 2 aromatic carbocycles. The number of hydrogen-bond donors (Lipinski definition) is 1. The second-order valence-electron chi connectivity index (χ2n) is 8.43. The van der Waals surface area contributed by atoms with Gasteiger partial charge in [0.25, 0.3) is 5.91 Å². The van der Waals surface area contributed by atoms with Crippen LogP contribution in [0.3, 0.4) is 0 Å². The molecule has 6 nitrogen and oxygen atoms in total. The van der Waals surface area contributed by atoms with E-state index >= 15 is 0 Å². The van der Waals surface area contributed by atoms with Crippen LogP contribution in [-0.4, -0.2) is 36.9 Å². The lowest BCUT2D eigenvalue weighted by atomic mass is 9.97. The van der Waals surface area contributed by atoms with Crippen LogP contribution in [0.15, 0.2) is 60.8 Å². The first-order valence-corrected chi connectivity index (χ1v) is 11.1. The van der Waals surface area contributed by atoms with Gasteiger partial charge in [-0.1, -0.05) is 18.2 Å². The Bertz CT molecular complexity index is 1180. The minimum Gasteiger partial charge on any atom is -0.374 e. The number of fused-ring (bicyclic) bond motifs is 2. The highest BCUT2D eigenvalue weighted by molar-refractivity contribution is 6.09. The molecule has 32 heavy (non-hydrogen) atoms. The minimum absolute atomic E-state index is 0.0400. The number of hydrogen-bond acceptors (Lipinski definition) is 4. The summed E-state index contributed by atoms with van der Waals surface area (Å²) in [6.45, 7) is 1.61. The van der Waals surface area contributed by atoms with E-state index in [9.17, 15) is 9.59 Å². The van der Waals surface area contributed by atoms with Gasteiger partial charge in [0.15, 0.2) is 0 Å². The Morgan fingerprint density at radius 3 is 2.75 bits per heavy atom. The van der Waals surface area contributed by atoms with E-state index in [0.717, 1.165) is 54.1 Å². The van der Waals surface area contributed by atoms with Crippen LogP contribution in [-0.2, 0) is 24.1 Å². The van der Waals surface area contributed by atoms with Crippen molar-refractivity contribution in [3.63, 3.8) is 0 Å². The van der Waals surface area contributed by atoms with Crippen molar-refractivity contribution in [1.82, 2.24) is 4.98 Å². The Hall–Kier alpha value is -3.67. The van der Waals surface area contributed by atoms with Gasteiger partial charge in [-0.3, -0.25) is 14.6 Å². The van der Waals surface area contributed by atoms with E-state index in [1.807, 2.05) is 60.5 Å². The van der Waals surface area contributed by atoms with E-state index < -0.39 is 0 Å². The second-order valence-corrected chi connectivity index (χ2v) is 8.43. The van der Waals surface area contributed by atoms with Gasteiger partial charge < -0.3 is 15.1 Å². The van der Waals surface area contributed by atoms with Crippen molar-refractivity contribution in [2.24, 2.45) is 0 Å². The maximum Gasteiger partial charge on any atom is 0.257 e. The van der Waals surface area contributed by atoms with Gasteiger partial charge >= 0.3 is 0 Å². The van der Waals surface area contributed by atoms with Gasteiger partial charge in [-0.25, -0.2) is 0 Å². The summed E-state index contributed by atoms with van der Waals surface area (Å²) in [4.78, 5) is 34.1. The van der Waals surface area contributed by atoms with E-state index in [4.69, 9.17) is 0 Å². The van der Waals surface area contributed by atoms with Gasteiger partial charge in [0.1, 0.15) is 0 Å². The van der Waals surface area contributed by atoms with Crippen molar-refractivity contribution >= 4 is 28.9 Å². The fourth-order valence-corrected chi connectivity index (χ4v) is 4.74. The largest absolute Gasteiger partial charge is 0.374 e. The zero-order valence-electron chi connectivity index (χ0n) is 18.2. The lowest BCUT2D eigenvalue weighted by molar-refractivity contribution is -0.117. The monoisotopic (exact) mass is 426 g/mol. The molecule has 162 valence electrons. The van der Waals surface area contributed by atoms with Gasteiger partial charge in [0.05, 0.1) is 17.7 Å². The summed E-state index contributed by atoms with van der Waals surface area (Å²) in [5, 5.41) is 3.06. The summed E-state index contributed by atoms with van der Waals surface area (Å²) in [6.07, 6.45) is 4.87. The molecule has 0 fully saturated rings. The molecule has 3 heterocycles. The third-order valence-electron chi connectivity index (χ3n) is 6.28. The SMILES string of the molecule is CN1CCCc2cccc(C(=O)Nc3ccc4c(c3)CCN4C(=O)Cc3ccccn3)c21. The number of pyridine rings is 1. The van der Waals surface area contributed by atoms with Crippen LogP contribution < -0.4 is 15.1 Å². The predicted molar refractivity (Wildman–Crippen MR) is 126 cm³/mol. The average Bonchev–Trinajstić information content (AvgIpc) is 3.23. The summed E-state index contributed by atoms with van der Waals surface area (Å²) in [7, 11) is 2.04. The van der Waals surface area contributed by atoms with Crippen LogP contribution in [0.25, 0.3) is 0 Å². The Labute approximate surface area is 187 Å². The van der Waals surface area contributed by atoms with E-state index in [2.05, 4.69) is 21.3 Å². The number of para-hydroxylation sites is 1. The Morgan fingerprint density at radius 1 is 1.00 bits per heavy atom. The van der Waals surface area contributed by atoms with Gasteiger partial charge in [0, 0.05) is 43.4 Å². The average molecular weight is 427 g/mol. The van der Waals surface area contributed by atoms with Crippen molar-refractivity contribution < 1.29 is 9.59 Å². The summed E-state index contributed by atoms with van der Waals surface area (Å²) >= 11 is 0. The van der Waals surface area contributed by atoms with E-state index in [0.29, 0.717) is 12.1 Å². The van der Waals surface area contributed by atoms with Crippen molar-refractivity contribution in [2.75, 3.05) is 35.3 Å². The summed E-state index contributed by atoms with van der Waals surface area (Å²) in [5.74, 6) is -0.0604. The van der Waals surface area contributed by atoms with Crippen LogP contribution in [0, 0.1) is 0 Å². The number of benzene rings is 2. The highest BCUT2D eigenvalue weighted by Crippen LogP contribution is 2.33. The minimum atomic E-state index is -0.100. The van der Waals surface area contributed by atoms with E-state index in [1.165, 1.54) is 5.56 Å². The lowest BCUT2D eigenvalue weighted by Gasteiger charge is -2.29. The third kappa shape index (κ3) is 3.84. The van der Waals surface area contributed by atoms with Crippen LogP contribution in [0.5, 0.6) is 0 Å². The number of aromatic nitrogens is 1. The Kier molecular flexibility index (Phi) is 5.35. The smallest absolute Gasteiger partial charge is 0.257 e. The van der Waals surface area contributed by atoms with E-state index in [-0.39, 0.29) is 18.2 Å². The fourth-order valence-electron chi connectivity index (χ4n) is 4.74. The molecule has 3 aromatic rings. The molecule has 0 radical (unpaired) electrons. The molecule has 2 aliphatic rings. The van der Waals surface area contributed by atoms with Gasteiger partial charge in [-0.15, -0.1) is 0 Å². The highest BCUT2D eigenvalue weighted by Gasteiger charge is 2.26. The molecular formula is C26H26N4O2. The molecule has 0 aliphatic carbocycles. The first-order chi connectivity index (χ1) is 15.6. The van der Waals surface area contributed by atoms with Gasteiger partial charge in [-0.2, -0.15) is 0 Å². The molecule has 0 atom stereocenters. The summed E-state index contributed by atoms with van der Waals surface area (Å²) in [5.41, 5.74) is 6.48. The van der Waals surface area contributed by atoms with Gasteiger partial charge in [0.2, 0.25) is 5.91 Å². The van der Waals surface area contributed by atoms with Crippen LogP contribution in [0.4, 0.5) is 17.1 Å². The first-order valence-electron chi connectivity index (χ1n) is 11.1. The molecular weight excluding hydrogens is 400 g/mol. The summed E-state index contributed by atoms with van der Waals surface area (Å²) in [6, 6.07) is 17.4. The molecule has 0 saturated heterocycles. The number of nitrogens with one attached hydrogen (secondary N) is 1. The molecule has 2 amide bonds. The van der Waals surface area contributed by atoms with Crippen LogP contribution >= 0.6 is 0 Å². The molecule has 0 unspecified atom stereocenters. The highest BCUT2D eigenvalue weighted by atomic mass is 16.2. The second kappa shape index (κ2) is 8.46. The molecule has 0 saturated carbocycles. The number of amides is 2. The van der Waals surface area contributed by atoms with Crippen molar-refractivity contribution in [3.05, 3.63) is 83.2 Å². The number of anilines is 3. The standard InChI is InChI=1S/C26H26N4O2/c1-29-14-5-7-18-6-4-9-22(25(18)29)26(32)28-21-10-11-23-19(16-21)12-15-30(23)24(31)17-20-8-2-3-13-27-20/h2-4,6,8-11,13,16H,5,7,12,14-15,17H2,1H3,(H,28,32). The van der Waals surface area contributed by atoms with Gasteiger partial charge in [-0.05, 0) is 66.8 Å². The molecule has 1 N–H and O–H groups in total. The maximum atomic E-state index is 13.1. The molecule has 5 rings (SSSR count). The normalized spacial score (nSPS) is 14.7. The lowest BCUT2D eigenvalue weighted by Crippen LogP contribution is -2.30. The predicted octanol–water partition coefficient (Wildman–Crippen LogP) is 3.85. The maximum absolute atomic E-state index is 13.1. The fraction of sp³-hybridized carbons (Fsp3) is 0.269. The summed E-state index contributed by atoms with van der Waals surface area (Å²) < 4.78 is 0. The zero-order valence-corrected chi connectivity index (χ0v) is 18.2. The van der Waals surface area contributed by atoms with Crippen LogP contribution in [0.1, 0.15) is 33.6 Å².